The monoisotopic (exact) mass is 459 g/mol. The second-order valence-electron chi connectivity index (χ2n) is 8.51. The lowest BCUT2D eigenvalue weighted by Gasteiger charge is -2.26. The lowest BCUT2D eigenvalue weighted by Crippen LogP contribution is -2.35. The van der Waals surface area contributed by atoms with Gasteiger partial charge in [-0.2, -0.15) is 0 Å². The molecule has 6 heteroatoms. The van der Waals surface area contributed by atoms with Crippen LogP contribution in [0.1, 0.15) is 55.9 Å². The molecule has 6 nitrogen and oxygen atoms in total. The minimum absolute atomic E-state index is 0.263. The van der Waals surface area contributed by atoms with E-state index >= 15 is 0 Å². The summed E-state index contributed by atoms with van der Waals surface area (Å²) in [6.07, 6.45) is 1.31. The molecule has 3 aromatic rings. The number of rotatable bonds is 9. The van der Waals surface area contributed by atoms with Crippen LogP contribution in [0.2, 0.25) is 0 Å². The van der Waals surface area contributed by atoms with E-state index in [1.807, 2.05) is 56.3 Å². The first-order valence-electron chi connectivity index (χ1n) is 11.7. The highest BCUT2D eigenvalue weighted by atomic mass is 16.5. The Labute approximate surface area is 201 Å². The number of amides is 2. The van der Waals surface area contributed by atoms with Gasteiger partial charge in [-0.3, -0.25) is 4.90 Å². The molecule has 0 aliphatic heterocycles. The molecule has 0 atom stereocenters. The smallest absolute Gasteiger partial charge is 0.326 e. The average molecular weight is 460 g/mol. The Hall–Kier alpha value is -3.67. The predicted octanol–water partition coefficient (Wildman–Crippen LogP) is 7.58. The highest BCUT2D eigenvalue weighted by Gasteiger charge is 2.21. The summed E-state index contributed by atoms with van der Waals surface area (Å²) in [6, 6.07) is 19.1. The number of aryl methyl sites for hydroxylation is 1. The molecule has 1 N–H and O–H groups in total. The van der Waals surface area contributed by atoms with Crippen molar-refractivity contribution in [2.75, 3.05) is 17.3 Å². The number of nitrogens with one attached hydrogen (secondary N) is 1. The fraction of sp³-hybridized carbons (Fsp3) is 0.321. The Balaban J connectivity index is 2.00. The van der Waals surface area contributed by atoms with E-state index in [2.05, 4.69) is 36.5 Å². The van der Waals surface area contributed by atoms with Gasteiger partial charge in [0.25, 0.3) is 0 Å². The molecule has 178 valence electrons. The molecular weight excluding hydrogens is 426 g/mol. The van der Waals surface area contributed by atoms with E-state index < -0.39 is 0 Å². The van der Waals surface area contributed by atoms with Crippen molar-refractivity contribution in [3.8, 4) is 5.75 Å². The molecule has 0 aliphatic rings. The molecule has 34 heavy (non-hydrogen) atoms. The van der Waals surface area contributed by atoms with Gasteiger partial charge in [0, 0.05) is 11.3 Å². The molecule has 0 saturated heterocycles. The molecule has 0 bridgehead atoms. The highest BCUT2D eigenvalue weighted by Crippen LogP contribution is 2.32. The first-order valence-corrected chi connectivity index (χ1v) is 11.7. The van der Waals surface area contributed by atoms with E-state index in [9.17, 15) is 9.70 Å². The minimum atomic E-state index is -0.263. The largest absolute Gasteiger partial charge is 0.497 e. The second-order valence-corrected chi connectivity index (χ2v) is 8.51. The van der Waals surface area contributed by atoms with Gasteiger partial charge < -0.3 is 10.1 Å². The van der Waals surface area contributed by atoms with E-state index in [-0.39, 0.29) is 6.03 Å². The van der Waals surface area contributed by atoms with Crippen molar-refractivity contribution in [3.63, 3.8) is 0 Å². The lowest BCUT2D eigenvalue weighted by molar-refractivity contribution is 0.256. The van der Waals surface area contributed by atoms with Gasteiger partial charge in [-0.05, 0) is 71.0 Å². The van der Waals surface area contributed by atoms with Crippen LogP contribution in [0.5, 0.6) is 5.75 Å². The average Bonchev–Trinajstić information content (AvgIpc) is 2.87. The van der Waals surface area contributed by atoms with Gasteiger partial charge >= 0.3 is 6.03 Å². The van der Waals surface area contributed by atoms with E-state index in [0.29, 0.717) is 30.3 Å². The van der Waals surface area contributed by atoms with Gasteiger partial charge in [-0.1, -0.05) is 58.0 Å². The van der Waals surface area contributed by atoms with Crippen LogP contribution < -0.4 is 15.0 Å². The van der Waals surface area contributed by atoms with E-state index in [1.54, 1.807) is 18.1 Å². The Morgan fingerprint density at radius 2 is 1.65 bits per heavy atom. The van der Waals surface area contributed by atoms with Gasteiger partial charge in [-0.15, -0.1) is 4.91 Å². The van der Waals surface area contributed by atoms with Crippen LogP contribution in [0.3, 0.4) is 0 Å². The van der Waals surface area contributed by atoms with Crippen LogP contribution in [0, 0.1) is 4.91 Å². The zero-order valence-corrected chi connectivity index (χ0v) is 20.6. The van der Waals surface area contributed by atoms with Crippen LogP contribution in [0.4, 0.5) is 21.9 Å². The molecular formula is C28H33N3O3. The third-order valence-corrected chi connectivity index (χ3v) is 6.06. The molecule has 0 spiro atoms. The quantitative estimate of drug-likeness (QED) is 0.335. The van der Waals surface area contributed by atoms with Crippen molar-refractivity contribution >= 4 is 23.1 Å². The van der Waals surface area contributed by atoms with Gasteiger partial charge in [-0.25, -0.2) is 4.79 Å². The molecule has 2 amide bonds. The molecule has 0 aromatic heterocycles. The lowest BCUT2D eigenvalue weighted by atomic mass is 10.0. The summed E-state index contributed by atoms with van der Waals surface area (Å²) in [4.78, 5) is 26.8. The first-order chi connectivity index (χ1) is 16.4. The van der Waals surface area contributed by atoms with Crippen molar-refractivity contribution in [1.29, 1.82) is 0 Å². The summed E-state index contributed by atoms with van der Waals surface area (Å²) in [5.41, 5.74) is 5.72. The third kappa shape index (κ3) is 5.63. The summed E-state index contributed by atoms with van der Waals surface area (Å²) >= 11 is 0. The minimum Gasteiger partial charge on any atom is -0.497 e. The van der Waals surface area contributed by atoms with Gasteiger partial charge in [0.1, 0.15) is 11.4 Å². The molecule has 0 unspecified atom stereocenters. The number of hydrogen-bond acceptors (Lipinski definition) is 4. The molecule has 3 aromatic carbocycles. The number of urea groups is 1. The Kier molecular flexibility index (Phi) is 8.41. The van der Waals surface area contributed by atoms with Crippen molar-refractivity contribution in [2.45, 2.75) is 53.0 Å². The summed E-state index contributed by atoms with van der Waals surface area (Å²) in [5.74, 6) is 1.16. The first kappa shape index (κ1) is 25.0. The Bertz CT molecular complexity index is 1120. The van der Waals surface area contributed by atoms with Crippen LogP contribution in [-0.2, 0) is 19.4 Å². The zero-order chi connectivity index (χ0) is 24.7. The molecule has 0 aliphatic carbocycles. The van der Waals surface area contributed by atoms with Gasteiger partial charge in [0.05, 0.1) is 19.3 Å². The molecule has 0 heterocycles. The SMILES string of the molecule is CCc1ccc(N=O)c(CC)c1NC(=O)N(Cc1ccc(OC)cc1)c1ccc(C(C)C)cc1. The number of nitrogens with zero attached hydrogens (tertiary/aromatic N) is 2. The fourth-order valence-electron chi connectivity index (χ4n) is 3.99. The number of carbonyl (C=O) groups excluding carboxylic acids is 1. The third-order valence-electron chi connectivity index (χ3n) is 6.06. The van der Waals surface area contributed by atoms with Gasteiger partial charge in [0.2, 0.25) is 0 Å². The van der Waals surface area contributed by atoms with Crippen LogP contribution >= 0.6 is 0 Å². The van der Waals surface area contributed by atoms with E-state index in [4.69, 9.17) is 4.74 Å². The Morgan fingerprint density at radius 1 is 0.971 bits per heavy atom. The zero-order valence-electron chi connectivity index (χ0n) is 20.6. The number of carbonyl (C=O) groups is 1. The van der Waals surface area contributed by atoms with Gasteiger partial charge in [0.15, 0.2) is 0 Å². The summed E-state index contributed by atoms with van der Waals surface area (Å²) < 4.78 is 5.27. The van der Waals surface area contributed by atoms with Crippen molar-refractivity contribution in [1.82, 2.24) is 0 Å². The van der Waals surface area contributed by atoms with Crippen LogP contribution in [0.25, 0.3) is 0 Å². The van der Waals surface area contributed by atoms with Crippen LogP contribution in [0.15, 0.2) is 65.8 Å². The second kappa shape index (κ2) is 11.5. The number of anilines is 2. The summed E-state index contributed by atoms with van der Waals surface area (Å²) in [5, 5.41) is 6.27. The highest BCUT2D eigenvalue weighted by molar-refractivity contribution is 6.03. The van der Waals surface area contributed by atoms with Crippen molar-refractivity contribution in [3.05, 3.63) is 87.8 Å². The summed E-state index contributed by atoms with van der Waals surface area (Å²) in [6.45, 7) is 8.65. The van der Waals surface area contributed by atoms with E-state index in [1.165, 1.54) is 5.56 Å². The number of nitroso groups, excluding NO2 is 1. The number of hydrogen-bond donors (Lipinski definition) is 1. The number of methoxy groups -OCH3 is 1. The maximum atomic E-state index is 13.7. The number of ether oxygens (including phenoxy) is 1. The van der Waals surface area contributed by atoms with Crippen molar-refractivity contribution in [2.24, 2.45) is 5.18 Å². The topological polar surface area (TPSA) is 71.0 Å². The molecule has 0 saturated carbocycles. The maximum Gasteiger partial charge on any atom is 0.326 e. The summed E-state index contributed by atoms with van der Waals surface area (Å²) in [7, 11) is 1.63. The number of benzene rings is 3. The molecule has 0 fully saturated rings. The molecule has 3 rings (SSSR count). The fourth-order valence-corrected chi connectivity index (χ4v) is 3.99. The van der Waals surface area contributed by atoms with E-state index in [0.717, 1.165) is 34.5 Å². The maximum absolute atomic E-state index is 13.7. The molecule has 0 radical (unpaired) electrons. The normalized spacial score (nSPS) is 10.8. The predicted molar refractivity (Wildman–Crippen MR) is 139 cm³/mol. The van der Waals surface area contributed by atoms with Crippen molar-refractivity contribution < 1.29 is 9.53 Å². The Morgan fingerprint density at radius 3 is 2.18 bits per heavy atom. The van der Waals surface area contributed by atoms with Crippen LogP contribution in [-0.4, -0.2) is 13.1 Å². The standard InChI is InChI=1S/C28H33N3O3/c1-6-21-12-17-26(30-33)25(7-2)27(21)29-28(32)31(18-20-8-15-24(34-5)16-9-20)23-13-10-22(11-14-23)19(3)4/h8-17,19H,6-7,18H2,1-5H3,(H,29,32).